The van der Waals surface area contributed by atoms with E-state index in [1.54, 1.807) is 18.2 Å². The summed E-state index contributed by atoms with van der Waals surface area (Å²) in [5, 5.41) is 23.0. The van der Waals surface area contributed by atoms with Gasteiger partial charge in [0.1, 0.15) is 5.69 Å². The van der Waals surface area contributed by atoms with Crippen LogP contribution in [-0.2, 0) is 4.79 Å². The number of hydrogen-bond donors (Lipinski definition) is 2. The number of likely N-dealkylation sites (N-methyl/N-ethyl adjacent to an activating group) is 1. The lowest BCUT2D eigenvalue weighted by Gasteiger charge is -2.42. The molecule has 0 bridgehead atoms. The second-order valence-corrected chi connectivity index (χ2v) is 5.20. The van der Waals surface area contributed by atoms with Gasteiger partial charge in [-0.05, 0) is 25.5 Å². The van der Waals surface area contributed by atoms with Crippen LogP contribution in [0, 0.1) is 10.1 Å². The van der Waals surface area contributed by atoms with Gasteiger partial charge in [-0.2, -0.15) is 0 Å². The summed E-state index contributed by atoms with van der Waals surface area (Å²) in [4.78, 5) is 23.2. The Hall–Kier alpha value is -2.15. The monoisotopic (exact) mass is 293 g/mol. The van der Waals surface area contributed by atoms with Gasteiger partial charge in [0.15, 0.2) is 0 Å². The van der Waals surface area contributed by atoms with Crippen LogP contribution in [0.4, 0.5) is 11.4 Å². The van der Waals surface area contributed by atoms with Crippen LogP contribution in [0.1, 0.15) is 19.8 Å². The molecule has 0 amide bonds. The minimum atomic E-state index is -0.827. The predicted octanol–water partition coefficient (Wildman–Crippen LogP) is 1.94. The van der Waals surface area contributed by atoms with Crippen LogP contribution >= 0.6 is 0 Å². The molecule has 1 aliphatic carbocycles. The summed E-state index contributed by atoms with van der Waals surface area (Å²) in [6.07, 6.45) is 1.60. The first kappa shape index (κ1) is 15.2. The Morgan fingerprint density at radius 1 is 1.48 bits per heavy atom. The van der Waals surface area contributed by atoms with Gasteiger partial charge in [0.2, 0.25) is 0 Å². The van der Waals surface area contributed by atoms with E-state index in [4.69, 9.17) is 5.11 Å². The Morgan fingerprint density at radius 3 is 2.71 bits per heavy atom. The second-order valence-electron chi connectivity index (χ2n) is 5.20. The van der Waals surface area contributed by atoms with Crippen LogP contribution in [0.25, 0.3) is 0 Å². The lowest BCUT2D eigenvalue weighted by Crippen LogP contribution is -2.51. The van der Waals surface area contributed by atoms with Crippen molar-refractivity contribution in [2.24, 2.45) is 0 Å². The third kappa shape index (κ3) is 3.69. The predicted molar refractivity (Wildman–Crippen MR) is 78.4 cm³/mol. The van der Waals surface area contributed by atoms with E-state index in [0.29, 0.717) is 12.2 Å². The van der Waals surface area contributed by atoms with Gasteiger partial charge < -0.3 is 10.4 Å². The Morgan fingerprint density at radius 2 is 2.14 bits per heavy atom. The molecule has 1 aromatic rings. The molecule has 0 saturated heterocycles. The first-order chi connectivity index (χ1) is 10.0. The van der Waals surface area contributed by atoms with Crippen molar-refractivity contribution in [2.75, 3.05) is 18.4 Å². The average Bonchev–Trinajstić information content (AvgIpc) is 2.40. The number of carboxylic acids is 1. The van der Waals surface area contributed by atoms with Gasteiger partial charge in [0.05, 0.1) is 11.5 Å². The maximum absolute atomic E-state index is 10.9. The van der Waals surface area contributed by atoms with Crippen molar-refractivity contribution < 1.29 is 14.8 Å². The maximum Gasteiger partial charge on any atom is 0.317 e. The molecule has 0 atom stereocenters. The van der Waals surface area contributed by atoms with Crippen LogP contribution in [0.5, 0.6) is 0 Å². The van der Waals surface area contributed by atoms with E-state index < -0.39 is 10.9 Å². The summed E-state index contributed by atoms with van der Waals surface area (Å²) in [6.45, 7) is 2.67. The lowest BCUT2D eigenvalue weighted by molar-refractivity contribution is -0.384. The van der Waals surface area contributed by atoms with E-state index >= 15 is 0 Å². The van der Waals surface area contributed by atoms with Crippen molar-refractivity contribution in [1.29, 1.82) is 0 Å². The number of hydrogen-bond acceptors (Lipinski definition) is 5. The number of nitro benzene ring substituents is 1. The molecule has 2 rings (SSSR count). The molecule has 2 N–H and O–H groups in total. The van der Waals surface area contributed by atoms with E-state index in [1.165, 1.54) is 6.07 Å². The number of anilines is 1. The van der Waals surface area contributed by atoms with E-state index in [-0.39, 0.29) is 24.3 Å². The largest absolute Gasteiger partial charge is 0.480 e. The average molecular weight is 293 g/mol. The quantitative estimate of drug-likeness (QED) is 0.589. The number of para-hydroxylation sites is 2. The standard InChI is InChI=1S/C14H19N3O4/c1-2-16(9-14(18)19)11-7-10(8-11)15-12-5-3-4-6-13(12)17(20)21/h3-6,10-11,15H,2,7-9H2,1H3,(H,18,19). The van der Waals surface area contributed by atoms with Gasteiger partial charge in [0.25, 0.3) is 5.69 Å². The highest BCUT2D eigenvalue weighted by Gasteiger charge is 2.34. The molecule has 0 heterocycles. The molecule has 7 heteroatoms. The smallest absolute Gasteiger partial charge is 0.317 e. The molecule has 0 aromatic heterocycles. The number of nitro groups is 1. The van der Waals surface area contributed by atoms with Gasteiger partial charge in [0, 0.05) is 18.2 Å². The van der Waals surface area contributed by atoms with Gasteiger partial charge in [-0.15, -0.1) is 0 Å². The molecule has 0 aliphatic heterocycles. The van der Waals surface area contributed by atoms with Crippen molar-refractivity contribution in [1.82, 2.24) is 4.90 Å². The van der Waals surface area contributed by atoms with Crippen LogP contribution in [0.3, 0.4) is 0 Å². The molecule has 0 unspecified atom stereocenters. The Kier molecular flexibility index (Phi) is 4.74. The minimum absolute atomic E-state index is 0.0410. The Balaban J connectivity index is 1.91. The molecule has 1 fully saturated rings. The summed E-state index contributed by atoms with van der Waals surface area (Å²) in [6, 6.07) is 6.94. The van der Waals surface area contributed by atoms with Gasteiger partial charge in [-0.3, -0.25) is 19.8 Å². The molecular formula is C14H19N3O4. The fourth-order valence-corrected chi connectivity index (χ4v) is 2.65. The number of benzene rings is 1. The topological polar surface area (TPSA) is 95.7 Å². The van der Waals surface area contributed by atoms with Crippen molar-refractivity contribution in [2.45, 2.75) is 31.8 Å². The number of rotatable bonds is 7. The Labute approximate surface area is 122 Å². The summed E-state index contributed by atoms with van der Waals surface area (Å²) in [7, 11) is 0. The highest BCUT2D eigenvalue weighted by Crippen LogP contribution is 2.31. The maximum atomic E-state index is 10.9. The Bertz CT molecular complexity index is 529. The fourth-order valence-electron chi connectivity index (χ4n) is 2.65. The summed E-state index contributed by atoms with van der Waals surface area (Å²) in [5.41, 5.74) is 0.589. The lowest BCUT2D eigenvalue weighted by atomic mass is 9.85. The number of nitrogens with one attached hydrogen (secondary N) is 1. The van der Waals surface area contributed by atoms with Gasteiger partial charge in [-0.1, -0.05) is 19.1 Å². The zero-order valence-electron chi connectivity index (χ0n) is 11.9. The van der Waals surface area contributed by atoms with Gasteiger partial charge >= 0.3 is 5.97 Å². The highest BCUT2D eigenvalue weighted by atomic mass is 16.6. The number of carbonyl (C=O) groups is 1. The first-order valence-electron chi connectivity index (χ1n) is 6.97. The minimum Gasteiger partial charge on any atom is -0.480 e. The van der Waals surface area contributed by atoms with Crippen LogP contribution < -0.4 is 5.32 Å². The summed E-state index contributed by atoms with van der Waals surface area (Å²) < 4.78 is 0. The van der Waals surface area contributed by atoms with Crippen molar-refractivity contribution in [3.8, 4) is 0 Å². The third-order valence-corrected chi connectivity index (χ3v) is 3.83. The zero-order chi connectivity index (χ0) is 15.4. The second kappa shape index (κ2) is 6.53. The van der Waals surface area contributed by atoms with Crippen molar-refractivity contribution in [3.05, 3.63) is 34.4 Å². The summed E-state index contributed by atoms with van der Waals surface area (Å²) in [5.74, 6) is -0.827. The summed E-state index contributed by atoms with van der Waals surface area (Å²) >= 11 is 0. The fraction of sp³-hybridized carbons (Fsp3) is 0.500. The van der Waals surface area contributed by atoms with Gasteiger partial charge in [-0.25, -0.2) is 0 Å². The van der Waals surface area contributed by atoms with E-state index in [9.17, 15) is 14.9 Å². The van der Waals surface area contributed by atoms with E-state index in [2.05, 4.69) is 5.32 Å². The zero-order valence-corrected chi connectivity index (χ0v) is 11.9. The normalized spacial score (nSPS) is 20.9. The molecule has 1 saturated carbocycles. The number of nitrogens with zero attached hydrogens (tertiary/aromatic N) is 2. The molecule has 0 radical (unpaired) electrons. The van der Waals surface area contributed by atoms with Crippen LogP contribution in [0.2, 0.25) is 0 Å². The third-order valence-electron chi connectivity index (χ3n) is 3.83. The molecule has 21 heavy (non-hydrogen) atoms. The molecule has 114 valence electrons. The van der Waals surface area contributed by atoms with E-state index in [0.717, 1.165) is 12.8 Å². The molecule has 0 spiro atoms. The molecule has 1 aliphatic rings. The first-order valence-corrected chi connectivity index (χ1v) is 6.97. The number of aliphatic carboxylic acids is 1. The molecule has 1 aromatic carbocycles. The highest BCUT2D eigenvalue weighted by molar-refractivity contribution is 5.69. The van der Waals surface area contributed by atoms with Crippen LogP contribution in [-0.4, -0.2) is 46.1 Å². The van der Waals surface area contributed by atoms with Crippen molar-refractivity contribution >= 4 is 17.3 Å². The van der Waals surface area contributed by atoms with Crippen LogP contribution in [0.15, 0.2) is 24.3 Å². The molecule has 7 nitrogen and oxygen atoms in total. The van der Waals surface area contributed by atoms with E-state index in [1.807, 2.05) is 11.8 Å². The SMILES string of the molecule is CCN(CC(=O)O)C1CC(Nc2ccccc2[N+](=O)[O-])C1. The molecular weight excluding hydrogens is 274 g/mol. The number of carboxylic acid groups (broad SMARTS) is 1. The van der Waals surface area contributed by atoms with Crippen molar-refractivity contribution in [3.63, 3.8) is 0 Å².